The Kier molecular flexibility index (Phi) is 7.18. The molecule has 1 N–H and O–H groups in total. The van der Waals surface area contributed by atoms with Gasteiger partial charge in [-0.2, -0.15) is 0 Å². The molecule has 3 aromatic carbocycles. The van der Waals surface area contributed by atoms with Gasteiger partial charge in [-0.1, -0.05) is 34.1 Å². The van der Waals surface area contributed by atoms with E-state index in [9.17, 15) is 18.8 Å². The molecule has 0 bridgehead atoms. The highest BCUT2D eigenvalue weighted by atomic mass is 79.9. The van der Waals surface area contributed by atoms with E-state index in [1.165, 1.54) is 18.2 Å². The highest BCUT2D eigenvalue weighted by molar-refractivity contribution is 9.11. The lowest BCUT2D eigenvalue weighted by Gasteiger charge is -2.27. The first kappa shape index (κ1) is 24.8. The van der Waals surface area contributed by atoms with Gasteiger partial charge >= 0.3 is 6.03 Å². The first-order valence-electron chi connectivity index (χ1n) is 10.5. The number of carbonyl (C=O) groups is 3. The summed E-state index contributed by atoms with van der Waals surface area (Å²) in [5.41, 5.74) is 3.21. The summed E-state index contributed by atoms with van der Waals surface area (Å²) >= 11 is 6.87. The first-order chi connectivity index (χ1) is 16.6. The molecule has 0 aromatic heterocycles. The lowest BCUT2D eigenvalue weighted by Crippen LogP contribution is -2.54. The molecule has 9 heteroatoms. The molecule has 1 saturated heterocycles. The Labute approximate surface area is 218 Å². The summed E-state index contributed by atoms with van der Waals surface area (Å²) in [4.78, 5) is 39.5. The Morgan fingerprint density at radius 1 is 0.971 bits per heavy atom. The Hall–Kier alpha value is -3.30. The second kappa shape index (κ2) is 10.1. The third kappa shape index (κ3) is 5.36. The summed E-state index contributed by atoms with van der Waals surface area (Å²) in [5, 5.41) is 2.23. The maximum absolute atomic E-state index is 13.3. The number of barbiturate groups is 1. The molecular formula is C26H19Br2FN2O4. The van der Waals surface area contributed by atoms with Crippen LogP contribution < -0.4 is 15.0 Å². The smallest absolute Gasteiger partial charge is 0.335 e. The van der Waals surface area contributed by atoms with Crippen molar-refractivity contribution in [3.8, 4) is 5.75 Å². The van der Waals surface area contributed by atoms with Crippen molar-refractivity contribution in [3.63, 3.8) is 0 Å². The Balaban J connectivity index is 1.71. The molecule has 1 aliphatic heterocycles. The molecule has 1 heterocycles. The molecule has 0 unspecified atom stereocenters. The fourth-order valence-corrected chi connectivity index (χ4v) is 4.86. The number of anilines is 1. The van der Waals surface area contributed by atoms with Crippen LogP contribution in [-0.2, 0) is 16.2 Å². The number of halogens is 3. The number of rotatable bonds is 5. The van der Waals surface area contributed by atoms with E-state index in [2.05, 4.69) is 37.2 Å². The SMILES string of the molecule is Cc1ccc(N2C(=O)NC(=O)/C(=C\c3cc(Br)cc(Br)c3OCc3ccc(F)cc3)C2=O)cc1C. The maximum Gasteiger partial charge on any atom is 0.335 e. The topological polar surface area (TPSA) is 75.7 Å². The molecular weight excluding hydrogens is 583 g/mol. The molecule has 0 saturated carbocycles. The van der Waals surface area contributed by atoms with Crippen LogP contribution in [0.4, 0.5) is 14.9 Å². The van der Waals surface area contributed by atoms with Crippen LogP contribution in [0.3, 0.4) is 0 Å². The van der Waals surface area contributed by atoms with E-state index < -0.39 is 17.8 Å². The number of urea groups is 1. The van der Waals surface area contributed by atoms with Crippen LogP contribution in [-0.4, -0.2) is 17.8 Å². The zero-order chi connectivity index (χ0) is 25.3. The zero-order valence-corrected chi connectivity index (χ0v) is 21.9. The minimum Gasteiger partial charge on any atom is -0.487 e. The minimum absolute atomic E-state index is 0.129. The molecule has 0 aliphatic carbocycles. The van der Waals surface area contributed by atoms with Crippen LogP contribution in [0.2, 0.25) is 0 Å². The minimum atomic E-state index is -0.816. The van der Waals surface area contributed by atoms with E-state index in [1.54, 1.807) is 42.5 Å². The summed E-state index contributed by atoms with van der Waals surface area (Å²) in [6.45, 7) is 3.92. The van der Waals surface area contributed by atoms with Crippen molar-refractivity contribution in [1.82, 2.24) is 5.32 Å². The van der Waals surface area contributed by atoms with Gasteiger partial charge in [0.2, 0.25) is 0 Å². The van der Waals surface area contributed by atoms with Crippen molar-refractivity contribution in [2.24, 2.45) is 0 Å². The van der Waals surface area contributed by atoms with Gasteiger partial charge in [0.25, 0.3) is 11.8 Å². The largest absolute Gasteiger partial charge is 0.487 e. The van der Waals surface area contributed by atoms with E-state index in [1.807, 2.05) is 13.8 Å². The number of nitrogens with zero attached hydrogens (tertiary/aromatic N) is 1. The standard InChI is InChI=1S/C26H19Br2FN2O4/c1-14-3-8-20(9-15(14)2)31-25(33)21(24(32)30-26(31)34)11-17-10-18(27)12-22(28)23(17)35-13-16-4-6-19(29)7-5-16/h3-12H,13H2,1-2H3,(H,30,32,34)/b21-11+. The van der Waals surface area contributed by atoms with Crippen LogP contribution in [0.1, 0.15) is 22.3 Å². The van der Waals surface area contributed by atoms with Crippen LogP contribution in [0, 0.1) is 19.7 Å². The van der Waals surface area contributed by atoms with Crippen LogP contribution in [0.25, 0.3) is 6.08 Å². The van der Waals surface area contributed by atoms with Gasteiger partial charge < -0.3 is 4.74 Å². The van der Waals surface area contributed by atoms with Crippen molar-refractivity contribution in [1.29, 1.82) is 0 Å². The van der Waals surface area contributed by atoms with Gasteiger partial charge in [-0.25, -0.2) is 14.1 Å². The molecule has 0 radical (unpaired) electrons. The summed E-state index contributed by atoms with van der Waals surface area (Å²) in [6.07, 6.45) is 1.38. The number of ether oxygens (including phenoxy) is 1. The number of amides is 4. The predicted octanol–water partition coefficient (Wildman–Crippen LogP) is 6.21. The molecule has 178 valence electrons. The van der Waals surface area contributed by atoms with Gasteiger partial charge in [0.05, 0.1) is 10.2 Å². The summed E-state index contributed by atoms with van der Waals surface area (Å²) in [7, 11) is 0. The Morgan fingerprint density at radius 3 is 2.37 bits per heavy atom. The second-order valence-corrected chi connectivity index (χ2v) is 9.72. The third-order valence-electron chi connectivity index (χ3n) is 5.48. The van der Waals surface area contributed by atoms with Crippen molar-refractivity contribution in [2.75, 3.05) is 4.90 Å². The molecule has 3 aromatic rings. The lowest BCUT2D eigenvalue weighted by molar-refractivity contribution is -0.122. The monoisotopic (exact) mass is 600 g/mol. The molecule has 1 fully saturated rings. The average molecular weight is 602 g/mol. The maximum atomic E-state index is 13.3. The molecule has 4 rings (SSSR count). The van der Waals surface area contributed by atoms with Crippen molar-refractivity contribution in [2.45, 2.75) is 20.5 Å². The Bertz CT molecular complexity index is 1390. The first-order valence-corrected chi connectivity index (χ1v) is 12.1. The normalized spacial score (nSPS) is 14.9. The number of aryl methyl sites for hydroxylation is 2. The van der Waals surface area contributed by atoms with Gasteiger partial charge in [-0.3, -0.25) is 14.9 Å². The number of nitrogens with one attached hydrogen (secondary N) is 1. The Morgan fingerprint density at radius 2 is 1.69 bits per heavy atom. The highest BCUT2D eigenvalue weighted by Crippen LogP contribution is 2.36. The number of benzene rings is 3. The van der Waals surface area contributed by atoms with Crippen LogP contribution in [0.15, 0.2) is 69.1 Å². The van der Waals surface area contributed by atoms with E-state index in [4.69, 9.17) is 4.74 Å². The zero-order valence-electron chi connectivity index (χ0n) is 18.7. The van der Waals surface area contributed by atoms with Crippen molar-refractivity contribution < 1.29 is 23.5 Å². The molecule has 35 heavy (non-hydrogen) atoms. The van der Waals surface area contributed by atoms with Crippen LogP contribution >= 0.6 is 31.9 Å². The number of hydrogen-bond acceptors (Lipinski definition) is 4. The van der Waals surface area contributed by atoms with Crippen molar-refractivity contribution in [3.05, 3.63) is 97.2 Å². The van der Waals surface area contributed by atoms with Gasteiger partial charge in [0.1, 0.15) is 23.7 Å². The van der Waals surface area contributed by atoms with E-state index in [0.29, 0.717) is 25.9 Å². The number of carbonyl (C=O) groups excluding carboxylic acids is 3. The van der Waals surface area contributed by atoms with Crippen molar-refractivity contribution >= 4 is 61.5 Å². The fourth-order valence-electron chi connectivity index (χ4n) is 3.49. The van der Waals surface area contributed by atoms with Crippen LogP contribution in [0.5, 0.6) is 5.75 Å². The summed E-state index contributed by atoms with van der Waals surface area (Å²) in [6, 6.07) is 13.7. The van der Waals surface area contributed by atoms with Gasteiger partial charge in [0, 0.05) is 10.0 Å². The summed E-state index contributed by atoms with van der Waals surface area (Å²) < 4.78 is 20.4. The third-order valence-corrected chi connectivity index (χ3v) is 6.53. The second-order valence-electron chi connectivity index (χ2n) is 7.95. The molecule has 4 amide bonds. The van der Waals surface area contributed by atoms with Gasteiger partial charge in [-0.05, 0) is 88.9 Å². The predicted molar refractivity (Wildman–Crippen MR) is 137 cm³/mol. The number of imide groups is 2. The highest BCUT2D eigenvalue weighted by Gasteiger charge is 2.37. The summed E-state index contributed by atoms with van der Waals surface area (Å²) in [5.74, 6) is -1.53. The average Bonchev–Trinajstić information content (AvgIpc) is 2.79. The molecule has 0 atom stereocenters. The van der Waals surface area contributed by atoms with Gasteiger partial charge in [-0.15, -0.1) is 0 Å². The molecule has 6 nitrogen and oxygen atoms in total. The van der Waals surface area contributed by atoms with E-state index >= 15 is 0 Å². The molecule has 0 spiro atoms. The van der Waals surface area contributed by atoms with E-state index in [0.717, 1.165) is 21.6 Å². The number of hydrogen-bond donors (Lipinski definition) is 1. The fraction of sp³-hybridized carbons (Fsp3) is 0.115. The lowest BCUT2D eigenvalue weighted by atomic mass is 10.0. The van der Waals surface area contributed by atoms with E-state index in [-0.39, 0.29) is 18.0 Å². The quantitative estimate of drug-likeness (QED) is 0.279. The molecule has 1 aliphatic rings. The van der Waals surface area contributed by atoms with Gasteiger partial charge in [0.15, 0.2) is 0 Å².